The summed E-state index contributed by atoms with van der Waals surface area (Å²) >= 11 is 1.07. The number of nitrogens with zero attached hydrogens (tertiary/aromatic N) is 2. The molecular weight excluding hydrogens is 911 g/mol. The van der Waals surface area contributed by atoms with Gasteiger partial charge in [-0.05, 0) is 48.2 Å². The number of hydrogen-bond donors (Lipinski definition) is 6. The Kier molecular flexibility index (Phi) is 25.8. The van der Waals surface area contributed by atoms with Gasteiger partial charge in [0.15, 0.2) is 0 Å². The number of carbonyl (C=O) groups excluding carboxylic acids is 4. The first-order valence-electron chi connectivity index (χ1n) is 22.3. The maximum Gasteiger partial charge on any atom is 0.327 e. The minimum absolute atomic E-state index is 0.0206. The average Bonchev–Trinajstić information content (AvgIpc) is 3.69. The highest BCUT2D eigenvalue weighted by Gasteiger charge is 2.37. The molecule has 7 N–H and O–H groups in total. The van der Waals surface area contributed by atoms with E-state index in [-0.39, 0.29) is 115 Å². The summed E-state index contributed by atoms with van der Waals surface area (Å²) in [5, 5.41) is 25.9. The zero-order chi connectivity index (χ0) is 49.9. The average molecular weight is 977 g/mol. The Morgan fingerprint density at radius 1 is 0.794 bits per heavy atom. The van der Waals surface area contributed by atoms with Crippen molar-refractivity contribution in [2.75, 3.05) is 90.5 Å². The van der Waals surface area contributed by atoms with Crippen LogP contribution < -0.4 is 21.7 Å². The highest BCUT2D eigenvalue weighted by Crippen LogP contribution is 2.41. The summed E-state index contributed by atoms with van der Waals surface area (Å²) in [6.07, 6.45) is 1.62. The number of ether oxygens (including phenoxy) is 4. The summed E-state index contributed by atoms with van der Waals surface area (Å²) < 4.78 is 53.2. The van der Waals surface area contributed by atoms with Crippen molar-refractivity contribution in [3.63, 3.8) is 0 Å². The first-order chi connectivity index (χ1) is 32.5. The van der Waals surface area contributed by atoms with Crippen LogP contribution in [0.2, 0.25) is 0 Å². The molecular formula is C47H66F2N6O12S. The van der Waals surface area contributed by atoms with Crippen LogP contribution in [0.5, 0.6) is 0 Å². The van der Waals surface area contributed by atoms with Crippen molar-refractivity contribution >= 4 is 47.3 Å². The van der Waals surface area contributed by atoms with Gasteiger partial charge < -0.3 is 60.3 Å². The lowest BCUT2D eigenvalue weighted by atomic mass is 9.83. The Morgan fingerprint density at radius 2 is 1.44 bits per heavy atom. The smallest absolute Gasteiger partial charge is 0.327 e. The van der Waals surface area contributed by atoms with Gasteiger partial charge in [0.1, 0.15) is 17.7 Å². The van der Waals surface area contributed by atoms with Crippen molar-refractivity contribution in [2.45, 2.75) is 65.1 Å². The van der Waals surface area contributed by atoms with Gasteiger partial charge in [-0.2, -0.15) is 0 Å². The van der Waals surface area contributed by atoms with E-state index in [0.29, 0.717) is 30.8 Å². The molecule has 3 aromatic rings. The van der Waals surface area contributed by atoms with E-state index in [4.69, 9.17) is 29.8 Å². The number of nitrogens with one attached hydrogen (secondary N) is 3. The molecule has 1 heterocycles. The van der Waals surface area contributed by atoms with Crippen LogP contribution in [0.4, 0.5) is 8.78 Å². The summed E-state index contributed by atoms with van der Waals surface area (Å²) in [7, 11) is 0. The first kappa shape index (κ1) is 56.9. The molecule has 0 fully saturated rings. The van der Waals surface area contributed by atoms with Gasteiger partial charge in [-0.15, -0.1) is 11.8 Å². The first-order valence-corrected chi connectivity index (χ1v) is 23.5. The quantitative estimate of drug-likeness (QED) is 0.0469. The minimum atomic E-state index is -1.28. The van der Waals surface area contributed by atoms with Crippen LogP contribution in [0.25, 0.3) is 11.1 Å². The van der Waals surface area contributed by atoms with Gasteiger partial charge in [-0.25, -0.2) is 13.6 Å². The van der Waals surface area contributed by atoms with Gasteiger partial charge in [0.05, 0.1) is 77.6 Å². The fourth-order valence-electron chi connectivity index (χ4n) is 6.80. The van der Waals surface area contributed by atoms with Crippen LogP contribution in [0.15, 0.2) is 60.8 Å². The fraction of sp³-hybridized carbons (Fsp3) is 0.532. The Balaban J connectivity index is 1.41. The Morgan fingerprint density at radius 3 is 2.06 bits per heavy atom. The van der Waals surface area contributed by atoms with E-state index in [9.17, 15) is 38.3 Å². The Bertz CT molecular complexity index is 2060. The fourth-order valence-corrected chi connectivity index (χ4v) is 7.72. The number of amides is 4. The van der Waals surface area contributed by atoms with Crippen molar-refractivity contribution in [3.05, 3.63) is 83.7 Å². The molecule has 2 aromatic carbocycles. The number of halogens is 2. The van der Waals surface area contributed by atoms with E-state index in [1.807, 2.05) is 55.7 Å². The second-order valence-corrected chi connectivity index (χ2v) is 17.6. The van der Waals surface area contributed by atoms with E-state index in [0.717, 1.165) is 35.5 Å². The normalized spacial score (nSPS) is 12.3. The number of aromatic nitrogens is 1. The predicted octanol–water partition coefficient (Wildman–Crippen LogP) is 3.60. The SMILES string of the molecule is CC(C)(C)[C@H](c1cc(-c2cc(F)ccc2F)cn1Cc1ccccc1)N(CCCN)C(=O)CSC[C@H](NC(=O)CCOCCOCCOCCOCCNC(=O)CNC(=O)CCC(=O)O)C(=O)O. The zero-order valence-electron chi connectivity index (χ0n) is 39.0. The molecule has 0 saturated heterocycles. The third-order valence-electron chi connectivity index (χ3n) is 10.0. The number of benzene rings is 2. The topological polar surface area (TPSA) is 250 Å². The summed E-state index contributed by atoms with van der Waals surface area (Å²) in [6.45, 7) is 8.68. The molecule has 1 aromatic heterocycles. The van der Waals surface area contributed by atoms with Gasteiger partial charge in [0.2, 0.25) is 23.6 Å². The van der Waals surface area contributed by atoms with Crippen molar-refractivity contribution < 1.29 is 66.7 Å². The molecule has 0 aliphatic carbocycles. The van der Waals surface area contributed by atoms with E-state index < -0.39 is 58.8 Å². The van der Waals surface area contributed by atoms with Crippen molar-refractivity contribution in [2.24, 2.45) is 11.1 Å². The largest absolute Gasteiger partial charge is 0.481 e. The summed E-state index contributed by atoms with van der Waals surface area (Å²) in [5.74, 6) is -5.50. The number of hydrogen-bond acceptors (Lipinski definition) is 12. The van der Waals surface area contributed by atoms with Crippen LogP contribution in [0.3, 0.4) is 0 Å². The third kappa shape index (κ3) is 21.7. The molecule has 2 atom stereocenters. The Labute approximate surface area is 399 Å². The second kappa shape index (κ2) is 30.8. The molecule has 0 saturated carbocycles. The molecule has 68 heavy (non-hydrogen) atoms. The molecule has 0 aliphatic rings. The minimum Gasteiger partial charge on any atom is -0.481 e. The third-order valence-corrected chi connectivity index (χ3v) is 11.0. The molecule has 0 spiro atoms. The van der Waals surface area contributed by atoms with Gasteiger partial charge in [0, 0.05) is 61.2 Å². The van der Waals surface area contributed by atoms with Crippen LogP contribution in [-0.2, 0) is 54.3 Å². The molecule has 18 nitrogen and oxygen atoms in total. The molecule has 0 unspecified atom stereocenters. The lowest BCUT2D eigenvalue weighted by molar-refractivity contribution is -0.141. The van der Waals surface area contributed by atoms with Gasteiger partial charge in [-0.1, -0.05) is 51.1 Å². The number of carboxylic acid groups (broad SMARTS) is 2. The molecule has 0 radical (unpaired) electrons. The van der Waals surface area contributed by atoms with Crippen LogP contribution in [0.1, 0.15) is 63.8 Å². The summed E-state index contributed by atoms with van der Waals surface area (Å²) in [6, 6.07) is 12.9. The summed E-state index contributed by atoms with van der Waals surface area (Å²) in [5.41, 5.74) is 7.56. The lowest BCUT2D eigenvalue weighted by Gasteiger charge is -2.41. The van der Waals surface area contributed by atoms with Crippen molar-refractivity contribution in [1.29, 1.82) is 0 Å². The highest BCUT2D eigenvalue weighted by molar-refractivity contribution is 8.00. The van der Waals surface area contributed by atoms with E-state index in [1.165, 1.54) is 0 Å². The van der Waals surface area contributed by atoms with E-state index in [2.05, 4.69) is 16.0 Å². The molecule has 21 heteroatoms. The lowest BCUT2D eigenvalue weighted by Crippen LogP contribution is -2.45. The molecule has 3 rings (SSSR count). The number of thioether (sulfide) groups is 1. The monoisotopic (exact) mass is 976 g/mol. The van der Waals surface area contributed by atoms with Crippen LogP contribution in [-0.4, -0.2) is 152 Å². The molecule has 0 bridgehead atoms. The van der Waals surface area contributed by atoms with Crippen LogP contribution >= 0.6 is 11.8 Å². The van der Waals surface area contributed by atoms with Gasteiger partial charge >= 0.3 is 11.9 Å². The number of aliphatic carboxylic acids is 2. The summed E-state index contributed by atoms with van der Waals surface area (Å²) in [4.78, 5) is 74.4. The number of nitrogens with two attached hydrogens (primary N) is 1. The van der Waals surface area contributed by atoms with Crippen LogP contribution in [0, 0.1) is 17.0 Å². The number of rotatable bonds is 34. The molecule has 4 amide bonds. The van der Waals surface area contributed by atoms with E-state index in [1.54, 1.807) is 17.2 Å². The zero-order valence-corrected chi connectivity index (χ0v) is 39.8. The second-order valence-electron chi connectivity index (χ2n) is 16.6. The Hall–Kier alpha value is -5.45. The van der Waals surface area contributed by atoms with E-state index >= 15 is 4.39 Å². The van der Waals surface area contributed by atoms with Crippen molar-refractivity contribution in [3.8, 4) is 11.1 Å². The highest BCUT2D eigenvalue weighted by atomic mass is 32.2. The maximum absolute atomic E-state index is 15.1. The van der Waals surface area contributed by atoms with Gasteiger partial charge in [-0.3, -0.25) is 24.0 Å². The van der Waals surface area contributed by atoms with Gasteiger partial charge in [0.25, 0.3) is 0 Å². The maximum atomic E-state index is 15.1. The van der Waals surface area contributed by atoms with Crippen molar-refractivity contribution in [1.82, 2.24) is 25.4 Å². The number of carboxylic acids is 2. The molecule has 0 aliphatic heterocycles. The number of carbonyl (C=O) groups is 6. The standard InChI is InChI=1S/C47H66F2N6O12S/c1-47(2,3)45(39-26-34(36-27-35(48)10-11-37(36)49)30-54(39)29-33-8-5-4-6-9-33)55(17-7-15-50)43(59)32-68-31-38(46(62)63)53-41(57)14-18-64-20-22-66-24-25-67-23-21-65-19-16-51-42(58)28-52-40(56)12-13-44(60)61/h4-6,8-11,26-27,30,38,45H,7,12-25,28-29,31-32,50H2,1-3H3,(H,51,58)(H,52,56)(H,53,57)(H,60,61)(H,62,63)/t38-,45-/m0/s1. The predicted molar refractivity (Wildman–Crippen MR) is 251 cm³/mol. The molecule has 376 valence electrons.